The Kier molecular flexibility index (Phi) is 4.62. The smallest absolute Gasteiger partial charge is 0.228 e. The SMILES string of the molecule is C=CCN(CCO)C(=O)C1CCOC1. The Hall–Kier alpha value is -0.870. The highest BCUT2D eigenvalue weighted by atomic mass is 16.5. The number of ether oxygens (including phenoxy) is 1. The predicted molar refractivity (Wildman–Crippen MR) is 52.8 cm³/mol. The van der Waals surface area contributed by atoms with Crippen LogP contribution in [-0.2, 0) is 9.53 Å². The van der Waals surface area contributed by atoms with Gasteiger partial charge in [-0.1, -0.05) is 6.08 Å². The van der Waals surface area contributed by atoms with Crippen molar-refractivity contribution >= 4 is 5.91 Å². The lowest BCUT2D eigenvalue weighted by atomic mass is 10.1. The third kappa shape index (κ3) is 2.82. The van der Waals surface area contributed by atoms with E-state index in [2.05, 4.69) is 6.58 Å². The summed E-state index contributed by atoms with van der Waals surface area (Å²) in [6.45, 7) is 5.63. The molecule has 1 rings (SSSR count). The van der Waals surface area contributed by atoms with Crippen LogP contribution in [0.5, 0.6) is 0 Å². The fraction of sp³-hybridized carbons (Fsp3) is 0.700. The standard InChI is InChI=1S/C10H17NO3/c1-2-4-11(5-6-12)10(13)9-3-7-14-8-9/h2,9,12H,1,3-8H2. The molecule has 0 aliphatic carbocycles. The molecule has 0 aromatic heterocycles. The molecule has 1 saturated heterocycles. The first-order valence-corrected chi connectivity index (χ1v) is 4.88. The van der Waals surface area contributed by atoms with Gasteiger partial charge in [0, 0.05) is 19.7 Å². The zero-order valence-electron chi connectivity index (χ0n) is 8.32. The van der Waals surface area contributed by atoms with Gasteiger partial charge in [0.25, 0.3) is 0 Å². The maximum atomic E-state index is 11.8. The molecule has 1 N–H and O–H groups in total. The molecule has 1 heterocycles. The fourth-order valence-corrected chi connectivity index (χ4v) is 1.56. The summed E-state index contributed by atoms with van der Waals surface area (Å²) in [7, 11) is 0. The van der Waals surface area contributed by atoms with Gasteiger partial charge in [-0.2, -0.15) is 0 Å². The maximum absolute atomic E-state index is 11.8. The first-order valence-electron chi connectivity index (χ1n) is 4.88. The Morgan fingerprint density at radius 1 is 1.71 bits per heavy atom. The number of nitrogens with zero attached hydrogens (tertiary/aromatic N) is 1. The number of amides is 1. The van der Waals surface area contributed by atoms with Crippen molar-refractivity contribution in [2.45, 2.75) is 6.42 Å². The lowest BCUT2D eigenvalue weighted by Gasteiger charge is -2.22. The molecular formula is C10H17NO3. The number of hydrogen-bond donors (Lipinski definition) is 1. The van der Waals surface area contributed by atoms with Gasteiger partial charge in [0.1, 0.15) is 0 Å². The van der Waals surface area contributed by atoms with Crippen molar-refractivity contribution in [1.29, 1.82) is 0 Å². The van der Waals surface area contributed by atoms with Crippen LogP contribution in [0.25, 0.3) is 0 Å². The van der Waals surface area contributed by atoms with E-state index in [4.69, 9.17) is 9.84 Å². The summed E-state index contributed by atoms with van der Waals surface area (Å²) in [4.78, 5) is 13.4. The van der Waals surface area contributed by atoms with Crippen molar-refractivity contribution < 1.29 is 14.6 Å². The molecule has 0 radical (unpaired) electrons. The number of aliphatic hydroxyl groups excluding tert-OH is 1. The molecule has 0 spiro atoms. The maximum Gasteiger partial charge on any atom is 0.228 e. The molecule has 14 heavy (non-hydrogen) atoms. The number of hydrogen-bond acceptors (Lipinski definition) is 3. The van der Waals surface area contributed by atoms with Gasteiger partial charge in [-0.15, -0.1) is 6.58 Å². The molecule has 4 nitrogen and oxygen atoms in total. The highest BCUT2D eigenvalue weighted by molar-refractivity contribution is 5.79. The molecule has 0 bridgehead atoms. The van der Waals surface area contributed by atoms with Crippen molar-refractivity contribution in [2.24, 2.45) is 5.92 Å². The van der Waals surface area contributed by atoms with E-state index in [-0.39, 0.29) is 18.4 Å². The normalized spacial score (nSPS) is 20.8. The molecule has 0 aromatic rings. The van der Waals surface area contributed by atoms with E-state index in [1.165, 1.54) is 0 Å². The fourth-order valence-electron chi connectivity index (χ4n) is 1.56. The third-order valence-corrected chi connectivity index (χ3v) is 2.31. The monoisotopic (exact) mass is 199 g/mol. The summed E-state index contributed by atoms with van der Waals surface area (Å²) in [5, 5.41) is 8.80. The van der Waals surface area contributed by atoms with Crippen LogP contribution in [0, 0.1) is 5.92 Å². The molecule has 1 unspecified atom stereocenters. The van der Waals surface area contributed by atoms with E-state index in [1.54, 1.807) is 11.0 Å². The van der Waals surface area contributed by atoms with Gasteiger partial charge in [0.15, 0.2) is 0 Å². The number of carbonyl (C=O) groups is 1. The van der Waals surface area contributed by atoms with Crippen LogP contribution >= 0.6 is 0 Å². The van der Waals surface area contributed by atoms with Crippen molar-refractivity contribution in [1.82, 2.24) is 4.90 Å². The van der Waals surface area contributed by atoms with Gasteiger partial charge in [-0.3, -0.25) is 4.79 Å². The predicted octanol–water partition coefficient (Wildman–Crippen LogP) is 0.0298. The highest BCUT2D eigenvalue weighted by Gasteiger charge is 2.26. The minimum absolute atomic E-state index is 0.00679. The van der Waals surface area contributed by atoms with E-state index in [0.29, 0.717) is 26.3 Å². The minimum atomic E-state index is -0.0264. The van der Waals surface area contributed by atoms with Crippen LogP contribution in [0.1, 0.15) is 6.42 Å². The minimum Gasteiger partial charge on any atom is -0.395 e. The van der Waals surface area contributed by atoms with E-state index in [0.717, 1.165) is 6.42 Å². The van der Waals surface area contributed by atoms with Crippen molar-refractivity contribution in [3.63, 3.8) is 0 Å². The first kappa shape index (κ1) is 11.2. The van der Waals surface area contributed by atoms with Gasteiger partial charge in [0.2, 0.25) is 5.91 Å². The number of aliphatic hydroxyl groups is 1. The second-order valence-electron chi connectivity index (χ2n) is 3.36. The van der Waals surface area contributed by atoms with E-state index in [1.807, 2.05) is 0 Å². The molecule has 0 aromatic carbocycles. The molecule has 1 aliphatic heterocycles. The van der Waals surface area contributed by atoms with Crippen LogP contribution in [0.4, 0.5) is 0 Å². The molecule has 0 saturated carbocycles. The van der Waals surface area contributed by atoms with Gasteiger partial charge >= 0.3 is 0 Å². The van der Waals surface area contributed by atoms with Crippen molar-refractivity contribution in [2.75, 3.05) is 32.9 Å². The van der Waals surface area contributed by atoms with Crippen LogP contribution < -0.4 is 0 Å². The molecule has 1 fully saturated rings. The van der Waals surface area contributed by atoms with E-state index in [9.17, 15) is 4.79 Å². The van der Waals surface area contributed by atoms with Gasteiger partial charge in [0.05, 0.1) is 19.1 Å². The van der Waals surface area contributed by atoms with Gasteiger partial charge in [-0.05, 0) is 6.42 Å². The Balaban J connectivity index is 2.47. The average Bonchev–Trinajstić information content (AvgIpc) is 2.69. The number of rotatable bonds is 5. The third-order valence-electron chi connectivity index (χ3n) is 2.31. The molecule has 1 amide bonds. The Labute approximate surface area is 84.2 Å². The zero-order chi connectivity index (χ0) is 10.4. The van der Waals surface area contributed by atoms with Gasteiger partial charge in [-0.25, -0.2) is 0 Å². The second kappa shape index (κ2) is 5.78. The number of carbonyl (C=O) groups excluding carboxylic acids is 1. The Morgan fingerprint density at radius 3 is 3.00 bits per heavy atom. The second-order valence-corrected chi connectivity index (χ2v) is 3.36. The quantitative estimate of drug-likeness (QED) is 0.635. The van der Waals surface area contributed by atoms with E-state index < -0.39 is 0 Å². The van der Waals surface area contributed by atoms with Crippen molar-refractivity contribution in [3.8, 4) is 0 Å². The largest absolute Gasteiger partial charge is 0.395 e. The topological polar surface area (TPSA) is 49.8 Å². The molecule has 4 heteroatoms. The summed E-state index contributed by atoms with van der Waals surface area (Å²) in [6.07, 6.45) is 2.46. The summed E-state index contributed by atoms with van der Waals surface area (Å²) in [6, 6.07) is 0. The molecule has 1 aliphatic rings. The Bertz CT molecular complexity index is 200. The Morgan fingerprint density at radius 2 is 2.50 bits per heavy atom. The summed E-state index contributed by atoms with van der Waals surface area (Å²) >= 11 is 0. The van der Waals surface area contributed by atoms with Crippen LogP contribution in [0.15, 0.2) is 12.7 Å². The van der Waals surface area contributed by atoms with Gasteiger partial charge < -0.3 is 14.7 Å². The summed E-state index contributed by atoms with van der Waals surface area (Å²) in [5.74, 6) is 0.0398. The summed E-state index contributed by atoms with van der Waals surface area (Å²) in [5.41, 5.74) is 0. The molecule has 1 atom stereocenters. The lowest BCUT2D eigenvalue weighted by molar-refractivity contribution is -0.135. The summed E-state index contributed by atoms with van der Waals surface area (Å²) < 4.78 is 5.15. The van der Waals surface area contributed by atoms with Crippen LogP contribution in [-0.4, -0.2) is 48.8 Å². The highest BCUT2D eigenvalue weighted by Crippen LogP contribution is 2.15. The lowest BCUT2D eigenvalue weighted by Crippen LogP contribution is -2.38. The average molecular weight is 199 g/mol. The molecule has 80 valence electrons. The van der Waals surface area contributed by atoms with Crippen LogP contribution in [0.3, 0.4) is 0 Å². The van der Waals surface area contributed by atoms with E-state index >= 15 is 0 Å². The van der Waals surface area contributed by atoms with Crippen molar-refractivity contribution in [3.05, 3.63) is 12.7 Å². The van der Waals surface area contributed by atoms with Crippen LogP contribution in [0.2, 0.25) is 0 Å². The first-order chi connectivity index (χ1) is 6.79. The molecular weight excluding hydrogens is 182 g/mol. The zero-order valence-corrected chi connectivity index (χ0v) is 8.32.